The van der Waals surface area contributed by atoms with E-state index in [1.807, 2.05) is 18.2 Å². The zero-order valence-corrected chi connectivity index (χ0v) is 16.4. The summed E-state index contributed by atoms with van der Waals surface area (Å²) in [5.41, 5.74) is 2.96. The molecule has 0 spiro atoms. The summed E-state index contributed by atoms with van der Waals surface area (Å²) in [6, 6.07) is 9.87. The number of ether oxygens (including phenoxy) is 2. The molecule has 0 bridgehead atoms. The minimum Gasteiger partial charge on any atom is -0.497 e. The van der Waals surface area contributed by atoms with E-state index < -0.39 is 16.0 Å². The van der Waals surface area contributed by atoms with Crippen LogP contribution < -0.4 is 9.46 Å². The van der Waals surface area contributed by atoms with Gasteiger partial charge < -0.3 is 9.47 Å². The monoisotopic (exact) mass is 389 g/mol. The number of carbonyl (C=O) groups excluding carboxylic acids is 1. The maximum atomic E-state index is 12.9. The average molecular weight is 389 g/mol. The summed E-state index contributed by atoms with van der Waals surface area (Å²) in [6.07, 6.45) is 2.49. The summed E-state index contributed by atoms with van der Waals surface area (Å²) in [7, 11) is -0.904. The van der Waals surface area contributed by atoms with Gasteiger partial charge >= 0.3 is 5.97 Å². The van der Waals surface area contributed by atoms with Gasteiger partial charge in [0.2, 0.25) is 10.0 Å². The quantitative estimate of drug-likeness (QED) is 0.795. The highest BCUT2D eigenvalue weighted by Crippen LogP contribution is 2.33. The third-order valence-corrected chi connectivity index (χ3v) is 6.36. The summed E-state index contributed by atoms with van der Waals surface area (Å²) in [4.78, 5) is 11.9. The molecule has 0 aromatic heterocycles. The summed E-state index contributed by atoms with van der Waals surface area (Å²) in [6.45, 7) is 1.74. The molecule has 2 aromatic carbocycles. The van der Waals surface area contributed by atoms with Gasteiger partial charge in [-0.25, -0.2) is 17.9 Å². The van der Waals surface area contributed by atoms with Gasteiger partial charge in [0, 0.05) is 6.04 Å². The number of nitrogens with one attached hydrogen (secondary N) is 1. The van der Waals surface area contributed by atoms with Crippen molar-refractivity contribution >= 4 is 16.0 Å². The normalized spacial score (nSPS) is 16.5. The second-order valence-corrected chi connectivity index (χ2v) is 8.31. The number of aryl methyl sites for hydroxylation is 2. The van der Waals surface area contributed by atoms with Crippen molar-refractivity contribution in [3.8, 4) is 5.75 Å². The van der Waals surface area contributed by atoms with Gasteiger partial charge in [-0.2, -0.15) is 0 Å². The van der Waals surface area contributed by atoms with Crippen molar-refractivity contribution < 1.29 is 22.7 Å². The molecular formula is C20H23NO5S. The molecule has 27 heavy (non-hydrogen) atoms. The predicted molar refractivity (Wildman–Crippen MR) is 102 cm³/mol. The molecular weight excluding hydrogens is 366 g/mol. The number of hydrogen-bond acceptors (Lipinski definition) is 5. The number of rotatable bonds is 5. The van der Waals surface area contributed by atoms with Crippen molar-refractivity contribution in [3.05, 3.63) is 58.7 Å². The van der Waals surface area contributed by atoms with Gasteiger partial charge in [-0.05, 0) is 67.1 Å². The molecule has 0 heterocycles. The summed E-state index contributed by atoms with van der Waals surface area (Å²) < 4.78 is 38.6. The Morgan fingerprint density at radius 3 is 2.63 bits per heavy atom. The highest BCUT2D eigenvalue weighted by Gasteiger charge is 2.27. The number of hydrogen-bond donors (Lipinski definition) is 1. The molecule has 1 aliphatic carbocycles. The molecule has 0 amide bonds. The van der Waals surface area contributed by atoms with E-state index in [9.17, 15) is 13.2 Å². The minimum atomic E-state index is -3.79. The fourth-order valence-electron chi connectivity index (χ4n) is 3.39. The van der Waals surface area contributed by atoms with Crippen LogP contribution in [-0.2, 0) is 21.2 Å². The molecule has 7 heteroatoms. The topological polar surface area (TPSA) is 81.7 Å². The number of fused-ring (bicyclic) bond motifs is 1. The highest BCUT2D eigenvalue weighted by molar-refractivity contribution is 7.89. The standard InChI is InChI=1S/C20H23NO5S/c1-13-7-9-16(12-18(13)20(22)26-3)27(23,24)21-19-6-4-5-14-11-15(25-2)8-10-17(14)19/h7-12,19,21H,4-6H2,1-3H3. The maximum absolute atomic E-state index is 12.9. The maximum Gasteiger partial charge on any atom is 0.338 e. The number of esters is 1. The Hall–Kier alpha value is -2.38. The second-order valence-electron chi connectivity index (χ2n) is 6.60. The van der Waals surface area contributed by atoms with Crippen LogP contribution in [0.25, 0.3) is 0 Å². The Morgan fingerprint density at radius 2 is 1.93 bits per heavy atom. The van der Waals surface area contributed by atoms with Crippen LogP contribution in [0.2, 0.25) is 0 Å². The molecule has 0 aliphatic heterocycles. The molecule has 1 unspecified atom stereocenters. The first-order valence-electron chi connectivity index (χ1n) is 8.74. The smallest absolute Gasteiger partial charge is 0.338 e. The molecule has 1 aliphatic rings. The second kappa shape index (κ2) is 7.70. The zero-order chi connectivity index (χ0) is 19.6. The summed E-state index contributed by atoms with van der Waals surface area (Å²) in [5.74, 6) is 0.207. The van der Waals surface area contributed by atoms with Crippen LogP contribution in [0.15, 0.2) is 41.3 Å². The van der Waals surface area contributed by atoms with Crippen LogP contribution in [0.4, 0.5) is 0 Å². The lowest BCUT2D eigenvalue weighted by molar-refractivity contribution is 0.0599. The van der Waals surface area contributed by atoms with Crippen molar-refractivity contribution in [3.63, 3.8) is 0 Å². The van der Waals surface area contributed by atoms with E-state index in [-0.39, 0.29) is 16.5 Å². The highest BCUT2D eigenvalue weighted by atomic mass is 32.2. The van der Waals surface area contributed by atoms with E-state index in [4.69, 9.17) is 9.47 Å². The number of sulfonamides is 1. The van der Waals surface area contributed by atoms with Gasteiger partial charge in [0.15, 0.2) is 0 Å². The Morgan fingerprint density at radius 1 is 1.15 bits per heavy atom. The first kappa shape index (κ1) is 19.4. The molecule has 6 nitrogen and oxygen atoms in total. The SMILES string of the molecule is COC(=O)c1cc(S(=O)(=O)NC2CCCc3cc(OC)ccc32)ccc1C. The van der Waals surface area contributed by atoms with Gasteiger partial charge in [0.25, 0.3) is 0 Å². The molecule has 3 rings (SSSR count). The molecule has 0 saturated heterocycles. The molecule has 1 N–H and O–H groups in total. The molecule has 0 fully saturated rings. The lowest BCUT2D eigenvalue weighted by Gasteiger charge is -2.26. The van der Waals surface area contributed by atoms with Crippen molar-refractivity contribution in [1.82, 2.24) is 4.72 Å². The van der Waals surface area contributed by atoms with Crippen LogP contribution in [0.1, 0.15) is 45.9 Å². The Labute approximate surface area is 159 Å². The Balaban J connectivity index is 1.91. The third kappa shape index (κ3) is 3.99. The van der Waals surface area contributed by atoms with Crippen LogP contribution in [-0.4, -0.2) is 28.6 Å². The average Bonchev–Trinajstić information content (AvgIpc) is 2.67. The predicted octanol–water partition coefficient (Wildman–Crippen LogP) is 3.15. The van der Waals surface area contributed by atoms with E-state index in [2.05, 4.69) is 4.72 Å². The van der Waals surface area contributed by atoms with Crippen LogP contribution >= 0.6 is 0 Å². The van der Waals surface area contributed by atoms with E-state index in [0.717, 1.165) is 29.7 Å². The molecule has 144 valence electrons. The zero-order valence-electron chi connectivity index (χ0n) is 15.6. The fraction of sp³-hybridized carbons (Fsp3) is 0.350. The summed E-state index contributed by atoms with van der Waals surface area (Å²) >= 11 is 0. The first-order valence-corrected chi connectivity index (χ1v) is 10.2. The summed E-state index contributed by atoms with van der Waals surface area (Å²) in [5, 5.41) is 0. The van der Waals surface area contributed by atoms with Crippen molar-refractivity contribution in [1.29, 1.82) is 0 Å². The largest absolute Gasteiger partial charge is 0.497 e. The van der Waals surface area contributed by atoms with Gasteiger partial charge in [-0.15, -0.1) is 0 Å². The minimum absolute atomic E-state index is 0.0501. The van der Waals surface area contributed by atoms with E-state index >= 15 is 0 Å². The van der Waals surface area contributed by atoms with Gasteiger partial charge in [-0.3, -0.25) is 0 Å². The third-order valence-electron chi connectivity index (χ3n) is 4.89. The van der Waals surface area contributed by atoms with E-state index in [1.165, 1.54) is 19.2 Å². The molecule has 1 atom stereocenters. The van der Waals surface area contributed by atoms with E-state index in [1.54, 1.807) is 20.1 Å². The number of benzene rings is 2. The lowest BCUT2D eigenvalue weighted by atomic mass is 9.88. The van der Waals surface area contributed by atoms with Crippen molar-refractivity contribution in [2.45, 2.75) is 37.1 Å². The Bertz CT molecular complexity index is 968. The van der Waals surface area contributed by atoms with Crippen LogP contribution in [0.3, 0.4) is 0 Å². The number of methoxy groups -OCH3 is 2. The van der Waals surface area contributed by atoms with Gasteiger partial charge in [0.05, 0.1) is 24.7 Å². The molecule has 0 radical (unpaired) electrons. The first-order chi connectivity index (χ1) is 12.9. The fourth-order valence-corrected chi connectivity index (χ4v) is 4.67. The molecule has 0 saturated carbocycles. The van der Waals surface area contributed by atoms with Crippen molar-refractivity contribution in [2.75, 3.05) is 14.2 Å². The van der Waals surface area contributed by atoms with Crippen LogP contribution in [0, 0.1) is 6.92 Å². The molecule has 2 aromatic rings. The number of carbonyl (C=O) groups is 1. The van der Waals surface area contributed by atoms with E-state index in [0.29, 0.717) is 12.0 Å². The lowest BCUT2D eigenvalue weighted by Crippen LogP contribution is -2.31. The van der Waals surface area contributed by atoms with Gasteiger partial charge in [0.1, 0.15) is 5.75 Å². The van der Waals surface area contributed by atoms with Crippen LogP contribution in [0.5, 0.6) is 5.75 Å². The van der Waals surface area contributed by atoms with Gasteiger partial charge in [-0.1, -0.05) is 12.1 Å². The Kier molecular flexibility index (Phi) is 5.53. The van der Waals surface area contributed by atoms with Crippen molar-refractivity contribution in [2.24, 2.45) is 0 Å².